The molecule has 7 heteroatoms. The molecule has 0 saturated carbocycles. The lowest BCUT2D eigenvalue weighted by Gasteiger charge is -2.08. The number of rotatable bonds is 3. The highest BCUT2D eigenvalue weighted by Gasteiger charge is 2.16. The van der Waals surface area contributed by atoms with E-state index in [1.54, 1.807) is 17.5 Å². The molecule has 0 bridgehead atoms. The van der Waals surface area contributed by atoms with Crippen LogP contribution in [0.2, 0.25) is 0 Å². The average molecular weight is 358 g/mol. The normalized spacial score (nSPS) is 13.0. The molecule has 0 aromatic carbocycles. The summed E-state index contributed by atoms with van der Waals surface area (Å²) in [5.41, 5.74) is 3.52. The predicted octanol–water partition coefficient (Wildman–Crippen LogP) is 4.00. The second-order valence-electron chi connectivity index (χ2n) is 4.14. The van der Waals surface area contributed by atoms with E-state index in [4.69, 9.17) is 11.6 Å². The Kier molecular flexibility index (Phi) is 3.56. The maximum atomic E-state index is 6.22. The number of thiazole rings is 1. The minimum Gasteiger partial charge on any atom is -0.306 e. The van der Waals surface area contributed by atoms with E-state index in [0.29, 0.717) is 6.54 Å². The predicted molar refractivity (Wildman–Crippen MR) is 80.7 cm³/mol. The number of pyridine rings is 1. The molecule has 1 atom stereocenters. The van der Waals surface area contributed by atoms with Crippen molar-refractivity contribution in [3.05, 3.63) is 39.1 Å². The van der Waals surface area contributed by atoms with Gasteiger partial charge in [-0.25, -0.2) is 9.97 Å². The molecule has 0 aliphatic heterocycles. The lowest BCUT2D eigenvalue weighted by Crippen LogP contribution is -2.05. The number of fused-ring (bicyclic) bond motifs is 1. The van der Waals surface area contributed by atoms with E-state index in [9.17, 15) is 0 Å². The van der Waals surface area contributed by atoms with Crippen molar-refractivity contribution in [3.63, 3.8) is 0 Å². The number of hydrogen-bond acceptors (Lipinski definition) is 4. The van der Waals surface area contributed by atoms with Crippen LogP contribution in [-0.4, -0.2) is 19.5 Å². The summed E-state index contributed by atoms with van der Waals surface area (Å²) in [5.74, 6) is 0.829. The standard InChI is InChI=1S/C12H10BrClN4S/c1-7(14)11-17-10-2-8(13)3-16-12(10)18(11)5-9-4-15-6-19-9/h2-4,6-7H,5H2,1H3. The van der Waals surface area contributed by atoms with Crippen LogP contribution < -0.4 is 0 Å². The minimum absolute atomic E-state index is 0.166. The van der Waals surface area contributed by atoms with E-state index in [1.807, 2.05) is 29.3 Å². The van der Waals surface area contributed by atoms with Gasteiger partial charge in [0.25, 0.3) is 0 Å². The molecule has 1 unspecified atom stereocenters. The van der Waals surface area contributed by atoms with Gasteiger partial charge in [-0.05, 0) is 28.9 Å². The molecule has 0 aliphatic carbocycles. The van der Waals surface area contributed by atoms with Crippen LogP contribution in [0.3, 0.4) is 0 Å². The van der Waals surface area contributed by atoms with Gasteiger partial charge in [0.15, 0.2) is 5.65 Å². The van der Waals surface area contributed by atoms with Gasteiger partial charge in [0.05, 0.1) is 17.4 Å². The Morgan fingerprint density at radius 3 is 3.00 bits per heavy atom. The van der Waals surface area contributed by atoms with Crippen LogP contribution in [0.5, 0.6) is 0 Å². The van der Waals surface area contributed by atoms with Gasteiger partial charge in [0, 0.05) is 21.7 Å². The molecule has 0 aliphatic rings. The Morgan fingerprint density at radius 1 is 1.47 bits per heavy atom. The van der Waals surface area contributed by atoms with Crippen molar-refractivity contribution >= 4 is 50.0 Å². The van der Waals surface area contributed by atoms with Crippen LogP contribution >= 0.6 is 38.9 Å². The van der Waals surface area contributed by atoms with Crippen LogP contribution in [-0.2, 0) is 6.54 Å². The summed E-state index contributed by atoms with van der Waals surface area (Å²) < 4.78 is 2.96. The van der Waals surface area contributed by atoms with Gasteiger partial charge < -0.3 is 4.57 Å². The maximum absolute atomic E-state index is 6.22. The fourth-order valence-corrected chi connectivity index (χ4v) is 3.01. The zero-order valence-corrected chi connectivity index (χ0v) is 13.2. The lowest BCUT2D eigenvalue weighted by atomic mass is 10.4. The second kappa shape index (κ2) is 5.19. The van der Waals surface area contributed by atoms with Crippen LogP contribution in [0.1, 0.15) is 23.0 Å². The molecule has 0 N–H and O–H groups in total. The van der Waals surface area contributed by atoms with Crippen molar-refractivity contribution in [2.45, 2.75) is 18.8 Å². The molecule has 0 fully saturated rings. The highest BCUT2D eigenvalue weighted by atomic mass is 79.9. The Balaban J connectivity index is 2.16. The van der Waals surface area contributed by atoms with E-state index in [1.165, 1.54) is 0 Å². The fourth-order valence-electron chi connectivity index (χ4n) is 1.94. The van der Waals surface area contributed by atoms with Gasteiger partial charge >= 0.3 is 0 Å². The maximum Gasteiger partial charge on any atom is 0.160 e. The molecule has 4 nitrogen and oxygen atoms in total. The molecule has 0 saturated heterocycles. The van der Waals surface area contributed by atoms with Crippen LogP contribution in [0.4, 0.5) is 0 Å². The number of halogens is 2. The molecule has 0 amide bonds. The first-order chi connectivity index (χ1) is 9.15. The molecular weight excluding hydrogens is 348 g/mol. The summed E-state index contributed by atoms with van der Waals surface area (Å²) in [6.45, 7) is 2.61. The Morgan fingerprint density at radius 2 is 2.32 bits per heavy atom. The number of aromatic nitrogens is 4. The smallest absolute Gasteiger partial charge is 0.160 e. The molecule has 3 rings (SSSR count). The summed E-state index contributed by atoms with van der Waals surface area (Å²) in [6, 6.07) is 1.95. The van der Waals surface area contributed by atoms with E-state index in [0.717, 1.165) is 26.3 Å². The van der Waals surface area contributed by atoms with E-state index < -0.39 is 0 Å². The monoisotopic (exact) mass is 356 g/mol. The van der Waals surface area contributed by atoms with Gasteiger partial charge in [-0.3, -0.25) is 4.98 Å². The summed E-state index contributed by atoms with van der Waals surface area (Å²) in [7, 11) is 0. The summed E-state index contributed by atoms with van der Waals surface area (Å²) in [5, 5.41) is -0.166. The van der Waals surface area contributed by atoms with Crippen LogP contribution in [0.25, 0.3) is 11.2 Å². The average Bonchev–Trinajstić information content (AvgIpc) is 2.97. The Labute approximate surface area is 127 Å². The third kappa shape index (κ3) is 2.52. The third-order valence-corrected chi connectivity index (χ3v) is 4.13. The summed E-state index contributed by atoms with van der Waals surface area (Å²) in [4.78, 5) is 14.3. The van der Waals surface area contributed by atoms with Crippen molar-refractivity contribution in [2.75, 3.05) is 0 Å². The van der Waals surface area contributed by atoms with Gasteiger partial charge in [-0.2, -0.15) is 0 Å². The molecule has 19 heavy (non-hydrogen) atoms. The topological polar surface area (TPSA) is 43.6 Å². The summed E-state index contributed by atoms with van der Waals surface area (Å²) >= 11 is 11.2. The molecule has 0 radical (unpaired) electrons. The Bertz CT molecular complexity index is 708. The highest BCUT2D eigenvalue weighted by molar-refractivity contribution is 9.10. The van der Waals surface area contributed by atoms with Crippen molar-refractivity contribution in [3.8, 4) is 0 Å². The SMILES string of the molecule is CC(Cl)c1nc2cc(Br)cnc2n1Cc1cncs1. The van der Waals surface area contributed by atoms with Crippen LogP contribution in [0, 0.1) is 0 Å². The second-order valence-corrected chi connectivity index (χ2v) is 6.68. The first kappa shape index (κ1) is 13.0. The zero-order valence-electron chi connectivity index (χ0n) is 10.0. The lowest BCUT2D eigenvalue weighted by molar-refractivity contribution is 0.743. The number of nitrogens with zero attached hydrogens (tertiary/aromatic N) is 4. The molecule has 98 valence electrons. The summed E-state index contributed by atoms with van der Waals surface area (Å²) in [6.07, 6.45) is 3.63. The van der Waals surface area contributed by atoms with Crippen molar-refractivity contribution in [1.29, 1.82) is 0 Å². The highest BCUT2D eigenvalue weighted by Crippen LogP contribution is 2.26. The largest absolute Gasteiger partial charge is 0.306 e. The molecule has 3 heterocycles. The van der Waals surface area contributed by atoms with Crippen LogP contribution in [0.15, 0.2) is 28.4 Å². The van der Waals surface area contributed by atoms with E-state index in [2.05, 4.69) is 30.9 Å². The molecule has 0 spiro atoms. The van der Waals surface area contributed by atoms with Gasteiger partial charge in [0.2, 0.25) is 0 Å². The zero-order chi connectivity index (χ0) is 13.4. The first-order valence-corrected chi connectivity index (χ1v) is 7.79. The van der Waals surface area contributed by atoms with Gasteiger partial charge in [-0.1, -0.05) is 0 Å². The third-order valence-electron chi connectivity index (χ3n) is 2.73. The minimum atomic E-state index is -0.166. The quantitative estimate of drug-likeness (QED) is 0.666. The van der Waals surface area contributed by atoms with Crippen molar-refractivity contribution in [2.24, 2.45) is 0 Å². The molecule has 3 aromatic heterocycles. The fraction of sp³-hybridized carbons (Fsp3) is 0.250. The van der Waals surface area contributed by atoms with Crippen molar-refractivity contribution < 1.29 is 0 Å². The van der Waals surface area contributed by atoms with E-state index >= 15 is 0 Å². The number of hydrogen-bond donors (Lipinski definition) is 0. The molecular formula is C12H10BrClN4S. The Hall–Kier alpha value is -0.980. The van der Waals surface area contributed by atoms with Crippen molar-refractivity contribution in [1.82, 2.24) is 19.5 Å². The van der Waals surface area contributed by atoms with Gasteiger partial charge in [0.1, 0.15) is 11.3 Å². The number of alkyl halides is 1. The van der Waals surface area contributed by atoms with E-state index in [-0.39, 0.29) is 5.38 Å². The molecule has 3 aromatic rings. The van der Waals surface area contributed by atoms with Gasteiger partial charge in [-0.15, -0.1) is 22.9 Å². The number of imidazole rings is 1. The first-order valence-electron chi connectivity index (χ1n) is 5.68.